The fourth-order valence-corrected chi connectivity index (χ4v) is 1.69. The molecule has 1 atom stereocenters. The van der Waals surface area contributed by atoms with Crippen LogP contribution in [0.2, 0.25) is 0 Å². The molecule has 0 bridgehead atoms. The van der Waals surface area contributed by atoms with Gasteiger partial charge in [-0.3, -0.25) is 4.79 Å². The number of benzene rings is 1. The summed E-state index contributed by atoms with van der Waals surface area (Å²) in [6, 6.07) is 7.75. The maximum atomic E-state index is 12.1. The Bertz CT molecular complexity index is 465. The summed E-state index contributed by atoms with van der Waals surface area (Å²) in [5.74, 6) is -0.734. The van der Waals surface area contributed by atoms with Crippen molar-refractivity contribution < 1.29 is 18.0 Å². The molecule has 1 amide bonds. The maximum absolute atomic E-state index is 12.1. The Labute approximate surface area is 106 Å². The van der Waals surface area contributed by atoms with E-state index >= 15 is 0 Å². The summed E-state index contributed by atoms with van der Waals surface area (Å²) in [4.78, 5) is 11.4. The van der Waals surface area contributed by atoms with E-state index in [0.29, 0.717) is 11.3 Å². The van der Waals surface area contributed by atoms with Crippen molar-refractivity contribution >= 4 is 23.4 Å². The zero-order chi connectivity index (χ0) is 13.8. The van der Waals surface area contributed by atoms with Crippen molar-refractivity contribution in [3.05, 3.63) is 29.8 Å². The van der Waals surface area contributed by atoms with Gasteiger partial charge in [0.05, 0.1) is 16.9 Å². The maximum Gasteiger partial charge on any atom is 0.442 e. The van der Waals surface area contributed by atoms with Gasteiger partial charge in [0.25, 0.3) is 0 Å². The van der Waals surface area contributed by atoms with Crippen molar-refractivity contribution in [3.8, 4) is 6.07 Å². The highest BCUT2D eigenvalue weighted by Gasteiger charge is 2.34. The van der Waals surface area contributed by atoms with Gasteiger partial charge >= 0.3 is 5.51 Å². The van der Waals surface area contributed by atoms with Crippen LogP contribution in [-0.2, 0) is 4.79 Å². The molecule has 0 unspecified atom stereocenters. The number of anilines is 1. The number of rotatable bonds is 3. The number of hydrogen-bond acceptors (Lipinski definition) is 3. The Hall–Kier alpha value is -1.68. The van der Waals surface area contributed by atoms with Crippen molar-refractivity contribution in [2.24, 2.45) is 0 Å². The van der Waals surface area contributed by atoms with Crippen LogP contribution in [0.1, 0.15) is 12.5 Å². The predicted octanol–water partition coefficient (Wildman–Crippen LogP) is 3.14. The first-order chi connectivity index (χ1) is 8.31. The molecule has 3 nitrogen and oxygen atoms in total. The van der Waals surface area contributed by atoms with E-state index in [-0.39, 0.29) is 11.8 Å². The van der Waals surface area contributed by atoms with Crippen molar-refractivity contribution in [2.45, 2.75) is 17.7 Å². The largest absolute Gasteiger partial charge is 0.442 e. The third kappa shape index (κ3) is 4.67. The molecule has 0 saturated heterocycles. The minimum Gasteiger partial charge on any atom is -0.325 e. The SMILES string of the molecule is C[C@H](SC(F)(F)F)C(=O)Nc1ccc(C#N)cc1. The molecular formula is C11H9F3N2OS. The molecule has 0 aliphatic carbocycles. The quantitative estimate of drug-likeness (QED) is 0.921. The second-order valence-electron chi connectivity index (χ2n) is 3.38. The monoisotopic (exact) mass is 274 g/mol. The van der Waals surface area contributed by atoms with Crippen molar-refractivity contribution in [3.63, 3.8) is 0 Å². The van der Waals surface area contributed by atoms with Gasteiger partial charge in [-0.05, 0) is 43.0 Å². The molecule has 7 heteroatoms. The van der Waals surface area contributed by atoms with Gasteiger partial charge in [0, 0.05) is 5.69 Å². The fraction of sp³-hybridized carbons (Fsp3) is 0.273. The first-order valence-corrected chi connectivity index (χ1v) is 5.75. The van der Waals surface area contributed by atoms with Crippen LogP contribution in [0.4, 0.5) is 18.9 Å². The van der Waals surface area contributed by atoms with Gasteiger partial charge in [-0.25, -0.2) is 0 Å². The lowest BCUT2D eigenvalue weighted by molar-refractivity contribution is -0.115. The van der Waals surface area contributed by atoms with E-state index < -0.39 is 16.7 Å². The Balaban J connectivity index is 2.61. The highest BCUT2D eigenvalue weighted by atomic mass is 32.2. The van der Waals surface area contributed by atoms with E-state index in [1.54, 1.807) is 0 Å². The topological polar surface area (TPSA) is 52.9 Å². The molecule has 1 rings (SSSR count). The molecule has 0 fully saturated rings. The number of thioether (sulfide) groups is 1. The third-order valence-electron chi connectivity index (χ3n) is 1.96. The summed E-state index contributed by atoms with van der Waals surface area (Å²) < 4.78 is 36.2. The zero-order valence-corrected chi connectivity index (χ0v) is 10.1. The van der Waals surface area contributed by atoms with Gasteiger partial charge in [0.2, 0.25) is 5.91 Å². The third-order valence-corrected chi connectivity index (χ3v) is 2.80. The lowest BCUT2D eigenvalue weighted by Gasteiger charge is -2.13. The summed E-state index contributed by atoms with van der Waals surface area (Å²) in [6.07, 6.45) is 0. The smallest absolute Gasteiger partial charge is 0.325 e. The number of alkyl halides is 3. The highest BCUT2D eigenvalue weighted by molar-refractivity contribution is 8.01. The standard InChI is InChI=1S/C11H9F3N2OS/c1-7(18-11(12,13)14)10(17)16-9-4-2-8(6-15)3-5-9/h2-5,7H,1H3,(H,16,17)/t7-/m0/s1. The molecule has 18 heavy (non-hydrogen) atoms. The minimum atomic E-state index is -4.44. The van der Waals surface area contributed by atoms with Crippen LogP contribution >= 0.6 is 11.8 Å². The van der Waals surface area contributed by atoms with E-state index in [1.165, 1.54) is 31.2 Å². The summed E-state index contributed by atoms with van der Waals surface area (Å²) in [5, 5.41) is 9.67. The second kappa shape index (κ2) is 5.78. The Kier molecular flexibility index (Phi) is 4.62. The predicted molar refractivity (Wildman–Crippen MR) is 62.9 cm³/mol. The van der Waals surface area contributed by atoms with Gasteiger partial charge in [0.15, 0.2) is 0 Å². The Morgan fingerprint density at radius 3 is 2.39 bits per heavy atom. The van der Waals surface area contributed by atoms with Crippen molar-refractivity contribution in [1.82, 2.24) is 0 Å². The summed E-state index contributed by atoms with van der Waals surface area (Å²) in [7, 11) is 0. The van der Waals surface area contributed by atoms with Crippen LogP contribution in [0.5, 0.6) is 0 Å². The van der Waals surface area contributed by atoms with Crippen LogP contribution in [0, 0.1) is 11.3 Å². The molecule has 0 heterocycles. The number of nitrogens with one attached hydrogen (secondary N) is 1. The van der Waals surface area contributed by atoms with Gasteiger partial charge < -0.3 is 5.32 Å². The highest BCUT2D eigenvalue weighted by Crippen LogP contribution is 2.34. The molecule has 1 aromatic carbocycles. The second-order valence-corrected chi connectivity index (χ2v) is 4.79. The zero-order valence-electron chi connectivity index (χ0n) is 9.28. The molecule has 1 N–H and O–H groups in total. The Morgan fingerprint density at radius 1 is 1.39 bits per heavy atom. The Morgan fingerprint density at radius 2 is 1.94 bits per heavy atom. The van der Waals surface area contributed by atoms with Crippen LogP contribution < -0.4 is 5.32 Å². The van der Waals surface area contributed by atoms with Gasteiger partial charge in [0.1, 0.15) is 0 Å². The molecule has 0 spiro atoms. The van der Waals surface area contributed by atoms with Crippen LogP contribution in [0.3, 0.4) is 0 Å². The van der Waals surface area contributed by atoms with E-state index in [2.05, 4.69) is 5.32 Å². The molecule has 0 aliphatic rings. The number of carbonyl (C=O) groups is 1. The van der Waals surface area contributed by atoms with Crippen LogP contribution in [0.15, 0.2) is 24.3 Å². The number of hydrogen-bond donors (Lipinski definition) is 1. The molecule has 96 valence electrons. The minimum absolute atomic E-state index is 0.355. The first-order valence-electron chi connectivity index (χ1n) is 4.87. The summed E-state index contributed by atoms with van der Waals surface area (Å²) in [5.41, 5.74) is -3.68. The average molecular weight is 274 g/mol. The van der Waals surface area contributed by atoms with Gasteiger partial charge in [-0.1, -0.05) is 0 Å². The molecule has 0 aliphatic heterocycles. The molecule has 0 aromatic heterocycles. The molecule has 0 saturated carbocycles. The van der Waals surface area contributed by atoms with Gasteiger partial charge in [-0.15, -0.1) is 0 Å². The molecule has 1 aromatic rings. The van der Waals surface area contributed by atoms with Crippen LogP contribution in [0.25, 0.3) is 0 Å². The van der Waals surface area contributed by atoms with E-state index in [0.717, 1.165) is 0 Å². The normalized spacial score (nSPS) is 12.6. The van der Waals surface area contributed by atoms with Crippen molar-refractivity contribution in [1.29, 1.82) is 5.26 Å². The molecule has 0 radical (unpaired) electrons. The fourth-order valence-electron chi connectivity index (χ4n) is 1.13. The van der Waals surface area contributed by atoms with Crippen LogP contribution in [-0.4, -0.2) is 16.7 Å². The summed E-state index contributed by atoms with van der Waals surface area (Å²) in [6.45, 7) is 1.18. The van der Waals surface area contributed by atoms with Crippen molar-refractivity contribution in [2.75, 3.05) is 5.32 Å². The number of nitrogens with zero attached hydrogens (tertiary/aromatic N) is 1. The van der Waals surface area contributed by atoms with E-state index in [9.17, 15) is 18.0 Å². The van der Waals surface area contributed by atoms with E-state index in [4.69, 9.17) is 5.26 Å². The van der Waals surface area contributed by atoms with Gasteiger partial charge in [-0.2, -0.15) is 18.4 Å². The average Bonchev–Trinajstić information content (AvgIpc) is 2.27. The first kappa shape index (κ1) is 14.4. The van der Waals surface area contributed by atoms with E-state index in [1.807, 2.05) is 6.07 Å². The molecular weight excluding hydrogens is 265 g/mol. The lowest BCUT2D eigenvalue weighted by Crippen LogP contribution is -2.25. The lowest BCUT2D eigenvalue weighted by atomic mass is 10.2. The number of halogens is 3. The number of carbonyl (C=O) groups excluding carboxylic acids is 1. The summed E-state index contributed by atoms with van der Waals surface area (Å²) >= 11 is -0.373. The number of nitriles is 1. The number of amides is 1.